The number of rotatable bonds is 6. The minimum atomic E-state index is 0.514. The Balaban J connectivity index is 1.78. The summed E-state index contributed by atoms with van der Waals surface area (Å²) in [7, 11) is 0. The average Bonchev–Trinajstić information content (AvgIpc) is 2.44. The van der Waals surface area contributed by atoms with Gasteiger partial charge in [0.2, 0.25) is 0 Å². The van der Waals surface area contributed by atoms with E-state index in [1.165, 1.54) is 0 Å². The Hall–Kier alpha value is -1.20. The van der Waals surface area contributed by atoms with Crippen LogP contribution in [0.2, 0.25) is 0 Å². The van der Waals surface area contributed by atoms with Crippen molar-refractivity contribution in [3.05, 3.63) is 17.8 Å². The van der Waals surface area contributed by atoms with Gasteiger partial charge in [-0.25, -0.2) is 0 Å². The lowest BCUT2D eigenvalue weighted by Crippen LogP contribution is -2.41. The molecule has 1 aromatic heterocycles. The number of nitrogens with zero attached hydrogens (tertiary/aromatic N) is 3. The first kappa shape index (κ1) is 14.2. The highest BCUT2D eigenvalue weighted by atomic mass is 15.2. The molecule has 0 aromatic carbocycles. The molecule has 106 valence electrons. The molecule has 1 aliphatic rings. The van der Waals surface area contributed by atoms with Gasteiger partial charge in [0.15, 0.2) is 0 Å². The molecule has 0 atom stereocenters. The summed E-state index contributed by atoms with van der Waals surface area (Å²) in [5.74, 6) is 0.900. The maximum absolute atomic E-state index is 5.58. The summed E-state index contributed by atoms with van der Waals surface area (Å²) < 4.78 is 0. The van der Waals surface area contributed by atoms with Gasteiger partial charge in [0.25, 0.3) is 0 Å². The van der Waals surface area contributed by atoms with Crippen LogP contribution in [0.25, 0.3) is 0 Å². The number of hydrogen-bond acceptors (Lipinski definition) is 5. The monoisotopic (exact) mass is 263 g/mol. The Morgan fingerprint density at radius 2 is 2.11 bits per heavy atom. The highest BCUT2D eigenvalue weighted by Gasteiger charge is 2.18. The van der Waals surface area contributed by atoms with Crippen molar-refractivity contribution in [2.24, 2.45) is 5.73 Å². The van der Waals surface area contributed by atoms with Crippen molar-refractivity contribution in [1.82, 2.24) is 15.1 Å². The van der Waals surface area contributed by atoms with Crippen LogP contribution in [0.5, 0.6) is 0 Å². The van der Waals surface area contributed by atoms with Crippen LogP contribution in [0, 0.1) is 0 Å². The Morgan fingerprint density at radius 3 is 2.68 bits per heavy atom. The molecule has 0 aliphatic carbocycles. The van der Waals surface area contributed by atoms with Crippen molar-refractivity contribution >= 4 is 5.82 Å². The molecule has 5 nitrogen and oxygen atoms in total. The Bertz CT molecular complexity index is 357. The lowest BCUT2D eigenvalue weighted by Gasteiger charge is -2.32. The molecular weight excluding hydrogens is 238 g/mol. The Morgan fingerprint density at radius 1 is 1.32 bits per heavy atom. The fourth-order valence-electron chi connectivity index (χ4n) is 2.52. The van der Waals surface area contributed by atoms with E-state index in [0.717, 1.165) is 63.4 Å². The van der Waals surface area contributed by atoms with Gasteiger partial charge >= 0.3 is 0 Å². The van der Waals surface area contributed by atoms with E-state index in [1.54, 1.807) is 0 Å². The second kappa shape index (κ2) is 7.40. The predicted molar refractivity (Wildman–Crippen MR) is 78.2 cm³/mol. The van der Waals surface area contributed by atoms with Crippen molar-refractivity contribution in [3.63, 3.8) is 0 Å². The summed E-state index contributed by atoms with van der Waals surface area (Å²) in [5, 5.41) is 12.0. The lowest BCUT2D eigenvalue weighted by molar-refractivity contribution is 0.224. The molecular formula is C14H25N5. The number of anilines is 1. The molecule has 2 rings (SSSR count). The summed E-state index contributed by atoms with van der Waals surface area (Å²) in [6, 6.07) is 4.63. The third-order valence-corrected chi connectivity index (χ3v) is 3.61. The third-order valence-electron chi connectivity index (χ3n) is 3.61. The van der Waals surface area contributed by atoms with Gasteiger partial charge in [0.05, 0.1) is 5.69 Å². The summed E-state index contributed by atoms with van der Waals surface area (Å²) in [4.78, 5) is 2.42. The first-order valence-corrected chi connectivity index (χ1v) is 7.33. The topological polar surface area (TPSA) is 67.1 Å². The van der Waals surface area contributed by atoms with E-state index in [4.69, 9.17) is 5.73 Å². The van der Waals surface area contributed by atoms with Gasteiger partial charge in [-0.1, -0.05) is 13.3 Å². The van der Waals surface area contributed by atoms with Crippen LogP contribution in [0.1, 0.15) is 31.9 Å². The maximum Gasteiger partial charge on any atom is 0.148 e. The molecule has 0 saturated carbocycles. The molecule has 0 spiro atoms. The second-order valence-electron chi connectivity index (χ2n) is 5.21. The fraction of sp³-hybridized carbons (Fsp3) is 0.714. The van der Waals surface area contributed by atoms with Gasteiger partial charge in [-0.2, -0.15) is 5.10 Å². The first-order valence-electron chi connectivity index (χ1n) is 7.33. The van der Waals surface area contributed by atoms with E-state index >= 15 is 0 Å². The molecule has 1 saturated heterocycles. The number of nitrogens with one attached hydrogen (secondary N) is 1. The SMILES string of the molecule is CCCc1ccc(NC2CCN(CCN)CC2)nn1. The van der Waals surface area contributed by atoms with Gasteiger partial charge in [-0.3, -0.25) is 0 Å². The molecule has 0 radical (unpaired) electrons. The van der Waals surface area contributed by atoms with E-state index in [-0.39, 0.29) is 0 Å². The summed E-state index contributed by atoms with van der Waals surface area (Å²) in [5.41, 5.74) is 6.66. The zero-order valence-corrected chi connectivity index (χ0v) is 11.8. The number of aryl methyl sites for hydroxylation is 1. The van der Waals surface area contributed by atoms with Crippen LogP contribution in [-0.4, -0.2) is 47.3 Å². The summed E-state index contributed by atoms with van der Waals surface area (Å²) >= 11 is 0. The van der Waals surface area contributed by atoms with E-state index in [1.807, 2.05) is 6.07 Å². The van der Waals surface area contributed by atoms with E-state index in [9.17, 15) is 0 Å². The van der Waals surface area contributed by atoms with E-state index < -0.39 is 0 Å². The van der Waals surface area contributed by atoms with Crippen LogP contribution in [0.3, 0.4) is 0 Å². The highest BCUT2D eigenvalue weighted by Crippen LogP contribution is 2.14. The van der Waals surface area contributed by atoms with Gasteiger partial charge in [-0.05, 0) is 31.4 Å². The Labute approximate surface area is 115 Å². The zero-order chi connectivity index (χ0) is 13.5. The molecule has 0 bridgehead atoms. The van der Waals surface area contributed by atoms with Crippen LogP contribution in [-0.2, 0) is 6.42 Å². The standard InChI is InChI=1S/C14H25N5/c1-2-3-13-4-5-14(18-17-13)16-12-6-9-19(10-7-12)11-8-15/h4-5,12H,2-3,6-11,15H2,1H3,(H,16,18). The van der Waals surface area contributed by atoms with Gasteiger partial charge in [0, 0.05) is 32.2 Å². The minimum absolute atomic E-state index is 0.514. The molecule has 5 heteroatoms. The van der Waals surface area contributed by atoms with Crippen molar-refractivity contribution in [2.45, 2.75) is 38.6 Å². The maximum atomic E-state index is 5.58. The number of likely N-dealkylation sites (tertiary alicyclic amines) is 1. The number of hydrogen-bond donors (Lipinski definition) is 2. The van der Waals surface area contributed by atoms with Gasteiger partial charge < -0.3 is 16.0 Å². The summed E-state index contributed by atoms with van der Waals surface area (Å²) in [6.07, 6.45) is 4.42. The molecule has 1 aromatic rings. The number of aromatic nitrogens is 2. The largest absolute Gasteiger partial charge is 0.366 e. The van der Waals surface area contributed by atoms with Crippen LogP contribution in [0.15, 0.2) is 12.1 Å². The van der Waals surface area contributed by atoms with Crippen molar-refractivity contribution in [1.29, 1.82) is 0 Å². The van der Waals surface area contributed by atoms with Crippen LogP contribution in [0.4, 0.5) is 5.82 Å². The molecule has 19 heavy (non-hydrogen) atoms. The quantitative estimate of drug-likeness (QED) is 0.809. The van der Waals surface area contributed by atoms with Gasteiger partial charge in [-0.15, -0.1) is 5.10 Å². The predicted octanol–water partition coefficient (Wildman–Crippen LogP) is 1.26. The molecule has 3 N–H and O–H groups in total. The third kappa shape index (κ3) is 4.44. The average molecular weight is 263 g/mol. The zero-order valence-electron chi connectivity index (χ0n) is 11.8. The van der Waals surface area contributed by atoms with Crippen molar-refractivity contribution < 1.29 is 0 Å². The highest BCUT2D eigenvalue weighted by molar-refractivity contribution is 5.34. The van der Waals surface area contributed by atoms with Crippen LogP contribution >= 0.6 is 0 Å². The number of piperidine rings is 1. The van der Waals surface area contributed by atoms with Crippen molar-refractivity contribution in [3.8, 4) is 0 Å². The van der Waals surface area contributed by atoms with Gasteiger partial charge in [0.1, 0.15) is 5.82 Å². The molecule has 0 unspecified atom stereocenters. The molecule has 2 heterocycles. The fourth-order valence-corrected chi connectivity index (χ4v) is 2.52. The lowest BCUT2D eigenvalue weighted by atomic mass is 10.1. The first-order chi connectivity index (χ1) is 9.31. The molecule has 1 fully saturated rings. The molecule has 0 amide bonds. The Kier molecular flexibility index (Phi) is 5.54. The summed E-state index contributed by atoms with van der Waals surface area (Å²) in [6.45, 7) is 6.16. The minimum Gasteiger partial charge on any atom is -0.366 e. The molecule has 1 aliphatic heterocycles. The van der Waals surface area contributed by atoms with E-state index in [0.29, 0.717) is 6.04 Å². The second-order valence-corrected chi connectivity index (χ2v) is 5.21. The smallest absolute Gasteiger partial charge is 0.148 e. The normalized spacial score (nSPS) is 17.6. The number of nitrogens with two attached hydrogens (primary N) is 1. The van der Waals surface area contributed by atoms with E-state index in [2.05, 4.69) is 33.4 Å². The van der Waals surface area contributed by atoms with Crippen molar-refractivity contribution in [2.75, 3.05) is 31.5 Å². The van der Waals surface area contributed by atoms with Crippen LogP contribution < -0.4 is 11.1 Å².